The molecule has 0 radical (unpaired) electrons. The van der Waals surface area contributed by atoms with Gasteiger partial charge in [0.05, 0.1) is 5.92 Å². The van der Waals surface area contributed by atoms with Crippen LogP contribution < -0.4 is 5.32 Å². The smallest absolute Gasteiger partial charge is 0.307 e. The first-order chi connectivity index (χ1) is 7.98. The molecule has 2 unspecified atom stereocenters. The maximum atomic E-state index is 13.0. The summed E-state index contributed by atoms with van der Waals surface area (Å²) in [7, 11) is 0. The monoisotopic (exact) mass is 247 g/mol. The Morgan fingerprint density at radius 1 is 1.18 bits per heavy atom. The van der Waals surface area contributed by atoms with Gasteiger partial charge in [-0.15, -0.1) is 0 Å². The van der Waals surface area contributed by atoms with Crippen LogP contribution in [-0.4, -0.2) is 30.1 Å². The molecule has 1 saturated carbocycles. The Labute approximate surface area is 99.6 Å². The van der Waals surface area contributed by atoms with Gasteiger partial charge in [-0.1, -0.05) is 0 Å². The highest BCUT2D eigenvalue weighted by atomic mass is 19.3. The molecule has 1 aliphatic carbocycles. The van der Waals surface area contributed by atoms with Gasteiger partial charge in [-0.2, -0.15) is 0 Å². The number of nitrogens with one attached hydrogen (secondary N) is 1. The molecule has 0 aromatic heterocycles. The van der Waals surface area contributed by atoms with Crippen LogP contribution in [0.25, 0.3) is 0 Å². The van der Waals surface area contributed by atoms with Gasteiger partial charge in [0.2, 0.25) is 5.92 Å². The summed E-state index contributed by atoms with van der Waals surface area (Å²) in [6.45, 7) is 1.29. The van der Waals surface area contributed by atoms with Crippen molar-refractivity contribution in [2.24, 2.45) is 17.8 Å². The normalized spacial score (nSPS) is 34.5. The Morgan fingerprint density at radius 2 is 1.82 bits per heavy atom. The van der Waals surface area contributed by atoms with Gasteiger partial charge in [-0.25, -0.2) is 8.78 Å². The molecular weight excluding hydrogens is 228 g/mol. The van der Waals surface area contributed by atoms with E-state index in [0.29, 0.717) is 25.8 Å². The van der Waals surface area contributed by atoms with Gasteiger partial charge in [0.25, 0.3) is 0 Å². The standard InChI is InChI=1S/C12H19F2NO2/c13-12(14)3-1-8(2-4-12)9-5-10(11(16)17)7-15-6-9/h8-10,15H,1-7H2,(H,16,17). The number of alkyl halides is 2. The van der Waals surface area contributed by atoms with Crippen molar-refractivity contribution < 1.29 is 18.7 Å². The molecule has 0 bridgehead atoms. The van der Waals surface area contributed by atoms with Crippen molar-refractivity contribution in [3.8, 4) is 0 Å². The van der Waals surface area contributed by atoms with Crippen molar-refractivity contribution in [2.75, 3.05) is 13.1 Å². The summed E-state index contributed by atoms with van der Waals surface area (Å²) < 4.78 is 26.1. The molecule has 2 N–H and O–H groups in total. The number of carbonyl (C=O) groups is 1. The lowest BCUT2D eigenvalue weighted by atomic mass is 9.74. The van der Waals surface area contributed by atoms with Crippen molar-refractivity contribution in [3.63, 3.8) is 0 Å². The first-order valence-electron chi connectivity index (χ1n) is 6.29. The fraction of sp³-hybridized carbons (Fsp3) is 0.917. The number of rotatable bonds is 2. The van der Waals surface area contributed by atoms with Crippen LogP contribution >= 0.6 is 0 Å². The van der Waals surface area contributed by atoms with Gasteiger partial charge >= 0.3 is 5.97 Å². The van der Waals surface area contributed by atoms with Crippen LogP contribution in [0.5, 0.6) is 0 Å². The second-order valence-corrected chi connectivity index (χ2v) is 5.38. The molecule has 0 aromatic rings. The molecule has 98 valence electrons. The third-order valence-electron chi connectivity index (χ3n) is 4.16. The highest BCUT2D eigenvalue weighted by Crippen LogP contribution is 2.41. The molecule has 0 aromatic carbocycles. The molecule has 1 saturated heterocycles. The summed E-state index contributed by atoms with van der Waals surface area (Å²) in [5.41, 5.74) is 0. The van der Waals surface area contributed by atoms with E-state index in [1.807, 2.05) is 0 Å². The predicted molar refractivity (Wildman–Crippen MR) is 59.0 cm³/mol. The lowest BCUT2D eigenvalue weighted by Gasteiger charge is -2.37. The molecular formula is C12H19F2NO2. The van der Waals surface area contributed by atoms with Crippen molar-refractivity contribution >= 4 is 5.97 Å². The lowest BCUT2D eigenvalue weighted by Crippen LogP contribution is -2.43. The van der Waals surface area contributed by atoms with Gasteiger partial charge < -0.3 is 10.4 Å². The zero-order valence-electron chi connectivity index (χ0n) is 9.79. The highest BCUT2D eigenvalue weighted by molar-refractivity contribution is 5.70. The van der Waals surface area contributed by atoms with Crippen LogP contribution in [0, 0.1) is 17.8 Å². The molecule has 1 heterocycles. The number of piperidine rings is 1. The number of aliphatic carboxylic acids is 1. The van der Waals surface area contributed by atoms with Crippen LogP contribution in [-0.2, 0) is 4.79 Å². The maximum absolute atomic E-state index is 13.0. The third-order valence-corrected chi connectivity index (χ3v) is 4.16. The second-order valence-electron chi connectivity index (χ2n) is 5.38. The molecule has 3 nitrogen and oxygen atoms in total. The van der Waals surface area contributed by atoms with E-state index in [1.54, 1.807) is 0 Å². The molecule has 2 aliphatic rings. The Balaban J connectivity index is 1.88. The summed E-state index contributed by atoms with van der Waals surface area (Å²) in [6, 6.07) is 0. The molecule has 2 fully saturated rings. The van der Waals surface area contributed by atoms with Crippen LogP contribution in [0.1, 0.15) is 32.1 Å². The lowest BCUT2D eigenvalue weighted by molar-refractivity contribution is -0.143. The van der Waals surface area contributed by atoms with E-state index in [0.717, 1.165) is 6.54 Å². The quantitative estimate of drug-likeness (QED) is 0.785. The molecule has 17 heavy (non-hydrogen) atoms. The van der Waals surface area contributed by atoms with Crippen LogP contribution in [0.15, 0.2) is 0 Å². The largest absolute Gasteiger partial charge is 0.481 e. The van der Waals surface area contributed by atoms with E-state index in [4.69, 9.17) is 5.11 Å². The Bertz CT molecular complexity index is 286. The molecule has 0 amide bonds. The number of carboxylic acids is 1. The summed E-state index contributed by atoms with van der Waals surface area (Å²) in [5, 5.41) is 12.1. The Morgan fingerprint density at radius 3 is 2.41 bits per heavy atom. The summed E-state index contributed by atoms with van der Waals surface area (Å²) in [4.78, 5) is 10.9. The van der Waals surface area contributed by atoms with Crippen molar-refractivity contribution in [1.29, 1.82) is 0 Å². The molecule has 2 atom stereocenters. The first kappa shape index (κ1) is 12.7. The molecule has 5 heteroatoms. The zero-order chi connectivity index (χ0) is 12.5. The van der Waals surface area contributed by atoms with Gasteiger partial charge in [-0.3, -0.25) is 4.79 Å². The Kier molecular flexibility index (Phi) is 3.66. The maximum Gasteiger partial charge on any atom is 0.307 e. The minimum Gasteiger partial charge on any atom is -0.481 e. The zero-order valence-corrected chi connectivity index (χ0v) is 9.79. The van der Waals surface area contributed by atoms with Crippen LogP contribution in [0.2, 0.25) is 0 Å². The second kappa shape index (κ2) is 4.88. The van der Waals surface area contributed by atoms with E-state index in [1.165, 1.54) is 0 Å². The van der Waals surface area contributed by atoms with E-state index >= 15 is 0 Å². The van der Waals surface area contributed by atoms with Crippen LogP contribution in [0.4, 0.5) is 8.78 Å². The number of hydrogen-bond acceptors (Lipinski definition) is 2. The number of hydrogen-bond donors (Lipinski definition) is 2. The first-order valence-corrected chi connectivity index (χ1v) is 6.29. The SMILES string of the molecule is O=C(O)C1CNCC(C2CCC(F)(F)CC2)C1. The summed E-state index contributed by atoms with van der Waals surface area (Å²) >= 11 is 0. The Hall–Kier alpha value is -0.710. The fourth-order valence-electron chi connectivity index (χ4n) is 3.06. The fourth-order valence-corrected chi connectivity index (χ4v) is 3.06. The van der Waals surface area contributed by atoms with Gasteiger partial charge in [0, 0.05) is 19.4 Å². The average molecular weight is 247 g/mol. The topological polar surface area (TPSA) is 49.3 Å². The van der Waals surface area contributed by atoms with Gasteiger partial charge in [-0.05, 0) is 37.6 Å². The predicted octanol–water partition coefficient (Wildman–Crippen LogP) is 2.12. The summed E-state index contributed by atoms with van der Waals surface area (Å²) in [5.74, 6) is -3.10. The van der Waals surface area contributed by atoms with Gasteiger partial charge in [0.1, 0.15) is 0 Å². The van der Waals surface area contributed by atoms with E-state index in [9.17, 15) is 13.6 Å². The number of carboxylic acid groups (broad SMARTS) is 1. The minimum atomic E-state index is -2.50. The van der Waals surface area contributed by atoms with E-state index in [2.05, 4.69) is 5.32 Å². The third kappa shape index (κ3) is 3.15. The minimum absolute atomic E-state index is 0.0358. The van der Waals surface area contributed by atoms with Gasteiger partial charge in [0.15, 0.2) is 0 Å². The number of halogens is 2. The van der Waals surface area contributed by atoms with Crippen molar-refractivity contribution in [3.05, 3.63) is 0 Å². The average Bonchev–Trinajstić information content (AvgIpc) is 2.29. The molecule has 1 aliphatic heterocycles. The summed E-state index contributed by atoms with van der Waals surface area (Å²) in [6.07, 6.45) is 1.63. The van der Waals surface area contributed by atoms with E-state index in [-0.39, 0.29) is 30.6 Å². The highest BCUT2D eigenvalue weighted by Gasteiger charge is 2.39. The molecule has 2 rings (SSSR count). The van der Waals surface area contributed by atoms with Crippen molar-refractivity contribution in [1.82, 2.24) is 5.32 Å². The van der Waals surface area contributed by atoms with Crippen molar-refractivity contribution in [2.45, 2.75) is 38.0 Å². The van der Waals surface area contributed by atoms with E-state index < -0.39 is 11.9 Å². The molecule has 0 spiro atoms. The van der Waals surface area contributed by atoms with Crippen LogP contribution in [0.3, 0.4) is 0 Å².